The van der Waals surface area contributed by atoms with Gasteiger partial charge in [0.25, 0.3) is 0 Å². The summed E-state index contributed by atoms with van der Waals surface area (Å²) in [6.07, 6.45) is -4.72. The van der Waals surface area contributed by atoms with Crippen molar-refractivity contribution in [3.8, 4) is 5.75 Å². The molecular formula is C10H12F3N3O2S. The van der Waals surface area contributed by atoms with E-state index in [1.165, 1.54) is 12.1 Å². The molecule has 1 aromatic carbocycles. The molecule has 0 fully saturated rings. The number of alkyl halides is 3. The van der Waals surface area contributed by atoms with E-state index in [1.54, 1.807) is 0 Å². The monoisotopic (exact) mass is 295 g/mol. The van der Waals surface area contributed by atoms with Crippen molar-refractivity contribution in [1.29, 1.82) is 0 Å². The number of aliphatic hydroxyl groups excluding tert-OH is 1. The maximum absolute atomic E-state index is 11.9. The minimum atomic E-state index is -4.72. The molecule has 0 amide bonds. The average molecular weight is 295 g/mol. The van der Waals surface area contributed by atoms with Crippen LogP contribution in [0.25, 0.3) is 0 Å². The molecule has 0 saturated heterocycles. The summed E-state index contributed by atoms with van der Waals surface area (Å²) in [6, 6.07) is 5.01. The summed E-state index contributed by atoms with van der Waals surface area (Å²) in [5.41, 5.74) is 0.452. The summed E-state index contributed by atoms with van der Waals surface area (Å²) in [5, 5.41) is 12.6. The molecule has 106 valence electrons. The Hall–Kier alpha value is -1.58. The quantitative estimate of drug-likeness (QED) is 0.444. The van der Waals surface area contributed by atoms with E-state index in [9.17, 15) is 13.2 Å². The fourth-order valence-corrected chi connectivity index (χ4v) is 1.35. The lowest BCUT2D eigenvalue weighted by Gasteiger charge is -2.19. The third-order valence-corrected chi connectivity index (χ3v) is 2.28. The molecular weight excluding hydrogens is 283 g/mol. The minimum absolute atomic E-state index is 0.138. The van der Waals surface area contributed by atoms with E-state index >= 15 is 0 Å². The maximum atomic E-state index is 11.9. The Morgan fingerprint density at radius 2 is 1.95 bits per heavy atom. The van der Waals surface area contributed by atoms with E-state index in [0.29, 0.717) is 5.69 Å². The van der Waals surface area contributed by atoms with E-state index in [2.05, 4.69) is 10.1 Å². The van der Waals surface area contributed by atoms with Crippen LogP contribution in [0, 0.1) is 0 Å². The average Bonchev–Trinajstić information content (AvgIpc) is 2.30. The third kappa shape index (κ3) is 5.73. The number of rotatable bonds is 4. The lowest BCUT2D eigenvalue weighted by atomic mass is 10.3. The smallest absolute Gasteiger partial charge is 0.406 e. The highest BCUT2D eigenvalue weighted by Gasteiger charge is 2.30. The van der Waals surface area contributed by atoms with Crippen LogP contribution in [0.15, 0.2) is 24.3 Å². The minimum Gasteiger partial charge on any atom is -0.406 e. The second-order valence-electron chi connectivity index (χ2n) is 3.42. The normalized spacial score (nSPS) is 11.0. The van der Waals surface area contributed by atoms with Gasteiger partial charge in [-0.05, 0) is 36.5 Å². The Bertz CT molecular complexity index is 425. The number of halogens is 3. The van der Waals surface area contributed by atoms with Crippen LogP contribution in [0.5, 0.6) is 5.75 Å². The third-order valence-electron chi connectivity index (χ3n) is 1.94. The number of nitrogens with two attached hydrogens (primary N) is 1. The van der Waals surface area contributed by atoms with E-state index in [-0.39, 0.29) is 24.0 Å². The van der Waals surface area contributed by atoms with Gasteiger partial charge in [-0.1, -0.05) is 0 Å². The van der Waals surface area contributed by atoms with Crippen LogP contribution >= 0.6 is 12.2 Å². The molecule has 5 nitrogen and oxygen atoms in total. The molecule has 0 aromatic heterocycles. The lowest BCUT2D eigenvalue weighted by Crippen LogP contribution is -2.42. The summed E-state index contributed by atoms with van der Waals surface area (Å²) in [6.45, 7) is -0.0300. The standard InChI is InChI=1S/C10H12F3N3O2S/c11-10(12,13)18-8-3-1-7(2-4-8)15-9(19)16(14)5-6-17/h1-4,17H,5-6,14H2,(H,15,19). The summed E-state index contributed by atoms with van der Waals surface area (Å²) < 4.78 is 39.5. The second kappa shape index (κ2) is 6.55. The highest BCUT2D eigenvalue weighted by atomic mass is 32.1. The first-order chi connectivity index (χ1) is 8.81. The Kier molecular flexibility index (Phi) is 5.33. The Morgan fingerprint density at radius 3 is 2.42 bits per heavy atom. The number of hydrogen-bond donors (Lipinski definition) is 3. The first-order valence-corrected chi connectivity index (χ1v) is 5.52. The van der Waals surface area contributed by atoms with Gasteiger partial charge in [-0.2, -0.15) is 0 Å². The van der Waals surface area contributed by atoms with Crippen LogP contribution in [0.4, 0.5) is 18.9 Å². The largest absolute Gasteiger partial charge is 0.573 e. The highest BCUT2D eigenvalue weighted by Crippen LogP contribution is 2.23. The molecule has 9 heteroatoms. The van der Waals surface area contributed by atoms with Crippen molar-refractivity contribution in [1.82, 2.24) is 5.01 Å². The van der Waals surface area contributed by atoms with Crippen molar-refractivity contribution >= 4 is 23.0 Å². The van der Waals surface area contributed by atoms with Gasteiger partial charge in [0.2, 0.25) is 0 Å². The predicted octanol–water partition coefficient (Wildman–Crippen LogP) is 1.45. The zero-order valence-corrected chi connectivity index (χ0v) is 10.5. The van der Waals surface area contributed by atoms with E-state index in [4.69, 9.17) is 23.2 Å². The number of ether oxygens (including phenoxy) is 1. The molecule has 19 heavy (non-hydrogen) atoms. The molecule has 0 heterocycles. The van der Waals surface area contributed by atoms with Gasteiger partial charge >= 0.3 is 6.36 Å². The number of hydrazine groups is 1. The molecule has 4 N–H and O–H groups in total. The van der Waals surface area contributed by atoms with E-state index < -0.39 is 6.36 Å². The zero-order chi connectivity index (χ0) is 14.5. The predicted molar refractivity (Wildman–Crippen MR) is 67.3 cm³/mol. The number of anilines is 1. The number of nitrogens with one attached hydrogen (secondary N) is 1. The Morgan fingerprint density at radius 1 is 1.37 bits per heavy atom. The van der Waals surface area contributed by atoms with Gasteiger partial charge in [-0.25, -0.2) is 5.84 Å². The summed E-state index contributed by atoms with van der Waals surface area (Å²) in [5.74, 6) is 5.16. The van der Waals surface area contributed by atoms with Crippen molar-refractivity contribution in [2.24, 2.45) is 5.84 Å². The van der Waals surface area contributed by atoms with Gasteiger partial charge in [0.15, 0.2) is 5.11 Å². The number of thiocarbonyl (C=S) groups is 1. The summed E-state index contributed by atoms with van der Waals surface area (Å²) in [7, 11) is 0. The van der Waals surface area contributed by atoms with E-state index in [1.807, 2.05) is 0 Å². The SMILES string of the molecule is NN(CCO)C(=S)Nc1ccc(OC(F)(F)F)cc1. The lowest BCUT2D eigenvalue weighted by molar-refractivity contribution is -0.274. The van der Waals surface area contributed by atoms with Crippen LogP contribution < -0.4 is 15.9 Å². The van der Waals surface area contributed by atoms with Crippen molar-refractivity contribution in [3.05, 3.63) is 24.3 Å². The molecule has 0 spiro atoms. The van der Waals surface area contributed by atoms with Gasteiger partial charge in [-0.15, -0.1) is 13.2 Å². The van der Waals surface area contributed by atoms with Crippen LogP contribution in [-0.2, 0) is 0 Å². The van der Waals surface area contributed by atoms with Gasteiger partial charge in [-0.3, -0.25) is 5.01 Å². The van der Waals surface area contributed by atoms with Crippen LogP contribution in [0.2, 0.25) is 0 Å². The van der Waals surface area contributed by atoms with Gasteiger partial charge in [0, 0.05) is 5.69 Å². The number of aliphatic hydroxyl groups is 1. The molecule has 1 rings (SSSR count). The van der Waals surface area contributed by atoms with Crippen LogP contribution in [0.1, 0.15) is 0 Å². The number of benzene rings is 1. The topological polar surface area (TPSA) is 70.8 Å². The van der Waals surface area contributed by atoms with Crippen molar-refractivity contribution in [3.63, 3.8) is 0 Å². The van der Waals surface area contributed by atoms with Crippen molar-refractivity contribution in [2.45, 2.75) is 6.36 Å². The fraction of sp³-hybridized carbons (Fsp3) is 0.300. The molecule has 0 radical (unpaired) electrons. The molecule has 0 atom stereocenters. The molecule has 0 aliphatic carbocycles. The zero-order valence-electron chi connectivity index (χ0n) is 9.65. The first kappa shape index (κ1) is 15.5. The van der Waals surface area contributed by atoms with Crippen LogP contribution in [-0.4, -0.2) is 34.7 Å². The molecule has 0 aliphatic rings. The molecule has 0 aliphatic heterocycles. The summed E-state index contributed by atoms with van der Waals surface area (Å²) in [4.78, 5) is 0. The fourth-order valence-electron chi connectivity index (χ4n) is 1.14. The second-order valence-corrected chi connectivity index (χ2v) is 3.81. The van der Waals surface area contributed by atoms with Crippen molar-refractivity contribution in [2.75, 3.05) is 18.5 Å². The maximum Gasteiger partial charge on any atom is 0.573 e. The van der Waals surface area contributed by atoms with Crippen LogP contribution in [0.3, 0.4) is 0 Å². The van der Waals surface area contributed by atoms with Crippen molar-refractivity contribution < 1.29 is 23.0 Å². The van der Waals surface area contributed by atoms with Gasteiger partial charge in [0.05, 0.1) is 13.2 Å². The first-order valence-electron chi connectivity index (χ1n) is 5.11. The molecule has 1 aromatic rings. The van der Waals surface area contributed by atoms with Gasteiger partial charge in [0.1, 0.15) is 5.75 Å². The Balaban J connectivity index is 2.59. The number of nitrogens with zero attached hydrogens (tertiary/aromatic N) is 1. The Labute approximate surface area is 112 Å². The summed E-state index contributed by atoms with van der Waals surface area (Å²) >= 11 is 4.91. The number of hydrogen-bond acceptors (Lipinski definition) is 4. The van der Waals surface area contributed by atoms with E-state index in [0.717, 1.165) is 17.1 Å². The molecule has 0 unspecified atom stereocenters. The molecule has 0 saturated carbocycles. The molecule has 0 bridgehead atoms. The highest BCUT2D eigenvalue weighted by molar-refractivity contribution is 7.80. The van der Waals surface area contributed by atoms with Gasteiger partial charge < -0.3 is 15.2 Å².